The van der Waals surface area contributed by atoms with Gasteiger partial charge in [-0.2, -0.15) is 0 Å². The van der Waals surface area contributed by atoms with E-state index in [1.165, 1.54) is 23.3 Å². The van der Waals surface area contributed by atoms with Crippen molar-refractivity contribution in [3.8, 4) is 0 Å². The quantitative estimate of drug-likeness (QED) is 0.742. The minimum Gasteiger partial charge on any atom is -0.313 e. The van der Waals surface area contributed by atoms with E-state index in [2.05, 4.69) is 50.4 Å². The van der Waals surface area contributed by atoms with Crippen LogP contribution in [-0.4, -0.2) is 12.3 Å². The van der Waals surface area contributed by atoms with E-state index in [1.54, 1.807) is 0 Å². The van der Waals surface area contributed by atoms with Gasteiger partial charge in [0.25, 0.3) is 0 Å². The Bertz CT molecular complexity index is 290. The van der Waals surface area contributed by atoms with Crippen molar-refractivity contribution in [1.29, 1.82) is 0 Å². The molecule has 16 heavy (non-hydrogen) atoms. The highest BCUT2D eigenvalue weighted by molar-refractivity contribution is 8.00. The Morgan fingerprint density at radius 1 is 1.12 bits per heavy atom. The normalized spacial score (nSPS) is 13.1. The van der Waals surface area contributed by atoms with Crippen LogP contribution in [0.2, 0.25) is 0 Å². The third kappa shape index (κ3) is 3.84. The van der Waals surface area contributed by atoms with Gasteiger partial charge in [-0.1, -0.05) is 26.0 Å². The Labute approximate surface area is 104 Å². The summed E-state index contributed by atoms with van der Waals surface area (Å²) >= 11 is 2.00. The van der Waals surface area contributed by atoms with Gasteiger partial charge in [0, 0.05) is 16.2 Å². The van der Waals surface area contributed by atoms with Crippen molar-refractivity contribution in [2.45, 2.75) is 49.8 Å². The molecule has 0 radical (unpaired) electrons. The molecule has 1 unspecified atom stereocenters. The summed E-state index contributed by atoms with van der Waals surface area (Å²) in [7, 11) is 2.00. The highest BCUT2D eigenvalue weighted by Gasteiger charge is 2.06. The molecule has 0 aromatic heterocycles. The molecule has 1 rings (SSSR count). The van der Waals surface area contributed by atoms with Crippen molar-refractivity contribution in [2.75, 3.05) is 7.05 Å². The lowest BCUT2D eigenvalue weighted by Crippen LogP contribution is -2.11. The van der Waals surface area contributed by atoms with E-state index >= 15 is 0 Å². The predicted molar refractivity (Wildman–Crippen MR) is 74.1 cm³/mol. The van der Waals surface area contributed by atoms with E-state index < -0.39 is 0 Å². The lowest BCUT2D eigenvalue weighted by Gasteiger charge is -2.14. The van der Waals surface area contributed by atoms with Crippen molar-refractivity contribution >= 4 is 11.8 Å². The molecule has 0 aliphatic heterocycles. The summed E-state index contributed by atoms with van der Waals surface area (Å²) in [5.41, 5.74) is 1.36. The monoisotopic (exact) mass is 237 g/mol. The van der Waals surface area contributed by atoms with Crippen LogP contribution in [0.5, 0.6) is 0 Å². The van der Waals surface area contributed by atoms with Crippen LogP contribution in [0.15, 0.2) is 29.2 Å². The van der Waals surface area contributed by atoms with Crippen LogP contribution in [0.3, 0.4) is 0 Å². The van der Waals surface area contributed by atoms with E-state index in [0.29, 0.717) is 6.04 Å². The summed E-state index contributed by atoms with van der Waals surface area (Å²) in [5, 5.41) is 4.01. The third-order valence-corrected chi connectivity index (χ3v) is 4.57. The van der Waals surface area contributed by atoms with Crippen LogP contribution in [0, 0.1) is 0 Å². The fraction of sp³-hybridized carbons (Fsp3) is 0.571. The van der Waals surface area contributed by atoms with Gasteiger partial charge >= 0.3 is 0 Å². The summed E-state index contributed by atoms with van der Waals surface area (Å²) in [5.74, 6) is 0. The zero-order valence-electron chi connectivity index (χ0n) is 10.8. The zero-order valence-corrected chi connectivity index (χ0v) is 11.6. The highest BCUT2D eigenvalue weighted by atomic mass is 32.2. The number of benzene rings is 1. The maximum absolute atomic E-state index is 3.26. The SMILES string of the molecule is CCC(CC)Sc1ccc(C(C)NC)cc1. The molecule has 0 heterocycles. The maximum Gasteiger partial charge on any atom is 0.0289 e. The van der Waals surface area contributed by atoms with Gasteiger partial charge in [0.1, 0.15) is 0 Å². The Balaban J connectivity index is 2.64. The van der Waals surface area contributed by atoms with Crippen molar-refractivity contribution < 1.29 is 0 Å². The minimum atomic E-state index is 0.437. The molecule has 0 aliphatic rings. The van der Waals surface area contributed by atoms with Gasteiger partial charge in [-0.3, -0.25) is 0 Å². The second-order valence-electron chi connectivity index (χ2n) is 4.14. The van der Waals surface area contributed by atoms with Crippen LogP contribution >= 0.6 is 11.8 Å². The molecule has 1 atom stereocenters. The summed E-state index contributed by atoms with van der Waals surface area (Å²) in [6, 6.07) is 9.38. The molecule has 1 aromatic rings. The van der Waals surface area contributed by atoms with E-state index in [4.69, 9.17) is 0 Å². The van der Waals surface area contributed by atoms with E-state index in [-0.39, 0.29) is 0 Å². The van der Waals surface area contributed by atoms with Crippen molar-refractivity contribution in [1.82, 2.24) is 5.32 Å². The van der Waals surface area contributed by atoms with Gasteiger partial charge in [-0.25, -0.2) is 0 Å². The number of hydrogen-bond donors (Lipinski definition) is 1. The van der Waals surface area contributed by atoms with Gasteiger partial charge in [-0.05, 0) is 44.5 Å². The Morgan fingerprint density at radius 2 is 1.69 bits per heavy atom. The summed E-state index contributed by atoms with van der Waals surface area (Å²) < 4.78 is 0. The largest absolute Gasteiger partial charge is 0.313 e. The van der Waals surface area contributed by atoms with Crippen LogP contribution in [0.25, 0.3) is 0 Å². The zero-order chi connectivity index (χ0) is 12.0. The molecule has 0 spiro atoms. The molecule has 0 fully saturated rings. The predicted octanol–water partition coefficient (Wildman–Crippen LogP) is 4.25. The second-order valence-corrected chi connectivity index (χ2v) is 5.51. The first kappa shape index (κ1) is 13.6. The van der Waals surface area contributed by atoms with Crippen molar-refractivity contribution in [2.24, 2.45) is 0 Å². The van der Waals surface area contributed by atoms with Crippen LogP contribution in [0.1, 0.15) is 45.2 Å². The van der Waals surface area contributed by atoms with Crippen LogP contribution in [0.4, 0.5) is 0 Å². The molecule has 0 saturated heterocycles. The molecule has 2 heteroatoms. The fourth-order valence-corrected chi connectivity index (χ4v) is 2.66. The minimum absolute atomic E-state index is 0.437. The van der Waals surface area contributed by atoms with E-state index in [1.807, 2.05) is 18.8 Å². The van der Waals surface area contributed by atoms with Crippen molar-refractivity contribution in [3.63, 3.8) is 0 Å². The molecule has 0 saturated carbocycles. The molecule has 90 valence electrons. The average molecular weight is 237 g/mol. The molecule has 0 bridgehead atoms. The van der Waals surface area contributed by atoms with Crippen LogP contribution in [-0.2, 0) is 0 Å². The van der Waals surface area contributed by atoms with Gasteiger partial charge in [-0.15, -0.1) is 11.8 Å². The molecule has 0 amide bonds. The molecule has 1 N–H and O–H groups in total. The number of hydrogen-bond acceptors (Lipinski definition) is 2. The number of rotatable bonds is 6. The lowest BCUT2D eigenvalue weighted by atomic mass is 10.1. The Morgan fingerprint density at radius 3 is 2.12 bits per heavy atom. The van der Waals surface area contributed by atoms with Gasteiger partial charge in [0.15, 0.2) is 0 Å². The second kappa shape index (κ2) is 6.97. The Hall–Kier alpha value is -0.470. The van der Waals surface area contributed by atoms with E-state index in [0.717, 1.165) is 5.25 Å². The Kier molecular flexibility index (Phi) is 5.93. The van der Waals surface area contributed by atoms with Crippen LogP contribution < -0.4 is 5.32 Å². The summed E-state index contributed by atoms with van der Waals surface area (Å²) in [6.45, 7) is 6.71. The molecule has 1 aromatic carbocycles. The first-order chi connectivity index (χ1) is 7.71. The average Bonchev–Trinajstić information content (AvgIpc) is 2.35. The number of nitrogens with one attached hydrogen (secondary N) is 1. The highest BCUT2D eigenvalue weighted by Crippen LogP contribution is 2.28. The molecule has 0 aliphatic carbocycles. The molecule has 1 nitrogen and oxygen atoms in total. The smallest absolute Gasteiger partial charge is 0.0289 e. The summed E-state index contributed by atoms with van der Waals surface area (Å²) in [6.07, 6.45) is 2.49. The van der Waals surface area contributed by atoms with E-state index in [9.17, 15) is 0 Å². The molecular weight excluding hydrogens is 214 g/mol. The maximum atomic E-state index is 3.26. The fourth-order valence-electron chi connectivity index (χ4n) is 1.65. The first-order valence-corrected chi connectivity index (χ1v) is 7.03. The summed E-state index contributed by atoms with van der Waals surface area (Å²) in [4.78, 5) is 1.39. The molecular formula is C14H23NS. The topological polar surface area (TPSA) is 12.0 Å². The van der Waals surface area contributed by atoms with Gasteiger partial charge in [0.05, 0.1) is 0 Å². The number of thioether (sulfide) groups is 1. The first-order valence-electron chi connectivity index (χ1n) is 6.15. The lowest BCUT2D eigenvalue weighted by molar-refractivity contribution is 0.652. The third-order valence-electron chi connectivity index (χ3n) is 3.03. The standard InChI is InChI=1S/C14H23NS/c1-5-13(6-2)16-14-9-7-12(8-10-14)11(3)15-4/h7-11,13,15H,5-6H2,1-4H3. The van der Waals surface area contributed by atoms with Crippen molar-refractivity contribution in [3.05, 3.63) is 29.8 Å². The van der Waals surface area contributed by atoms with Gasteiger partial charge < -0.3 is 5.32 Å². The van der Waals surface area contributed by atoms with Gasteiger partial charge in [0.2, 0.25) is 0 Å².